The summed E-state index contributed by atoms with van der Waals surface area (Å²) in [5, 5.41) is 9.86. The van der Waals surface area contributed by atoms with Crippen LogP contribution in [0.1, 0.15) is 10.5 Å². The van der Waals surface area contributed by atoms with Crippen LogP contribution in [-0.2, 0) is 0 Å². The van der Waals surface area contributed by atoms with E-state index in [2.05, 4.69) is 15.0 Å². The van der Waals surface area contributed by atoms with Crippen LogP contribution >= 0.6 is 0 Å². The minimum Gasteiger partial charge on any atom is -0.477 e. The van der Waals surface area contributed by atoms with Gasteiger partial charge in [0.25, 0.3) is 0 Å². The fraction of sp³-hybridized carbons (Fsp3) is 0. The molecular weight excluding hydrogens is 230 g/mol. The lowest BCUT2D eigenvalue weighted by atomic mass is 10.1. The Balaban J connectivity index is 2.20. The Morgan fingerprint density at radius 1 is 1.22 bits per heavy atom. The summed E-state index contributed by atoms with van der Waals surface area (Å²) in [7, 11) is 0. The number of carbonyl (C=O) groups is 1. The van der Waals surface area contributed by atoms with Crippen LogP contribution in [0.15, 0.2) is 42.7 Å². The van der Waals surface area contributed by atoms with Gasteiger partial charge in [0.1, 0.15) is 11.3 Å². The van der Waals surface area contributed by atoms with E-state index in [-0.39, 0.29) is 5.69 Å². The second kappa shape index (κ2) is 3.96. The number of aromatic nitrogens is 3. The number of aromatic amines is 1. The van der Waals surface area contributed by atoms with Gasteiger partial charge in [0.2, 0.25) is 0 Å². The molecule has 5 heteroatoms. The van der Waals surface area contributed by atoms with Gasteiger partial charge in [0, 0.05) is 23.3 Å². The van der Waals surface area contributed by atoms with Gasteiger partial charge in [0.05, 0.1) is 5.69 Å². The van der Waals surface area contributed by atoms with Gasteiger partial charge in [-0.2, -0.15) is 0 Å². The summed E-state index contributed by atoms with van der Waals surface area (Å²) in [5.41, 5.74) is 2.26. The normalized spacial score (nSPS) is 10.7. The molecule has 3 rings (SSSR count). The molecule has 0 aliphatic carbocycles. The molecule has 0 aliphatic heterocycles. The third-order valence-electron chi connectivity index (χ3n) is 2.70. The second-order valence-corrected chi connectivity index (χ2v) is 3.82. The predicted octanol–water partition coefficient (Wildman–Crippen LogP) is 2.32. The molecule has 0 atom stereocenters. The highest BCUT2D eigenvalue weighted by molar-refractivity contribution is 5.93. The lowest BCUT2D eigenvalue weighted by molar-refractivity contribution is 0.0690. The number of carboxylic acid groups (broad SMARTS) is 1. The standard InChI is InChI=1S/C13H9N3O2/c17-13(18)11-5-1-4-10(16-11)9-7-15-12-8(9)3-2-6-14-12/h1-7H,(H,14,15)(H,17,18). The van der Waals surface area contributed by atoms with Crippen molar-refractivity contribution >= 4 is 17.0 Å². The molecule has 0 aliphatic rings. The van der Waals surface area contributed by atoms with Gasteiger partial charge >= 0.3 is 5.97 Å². The first kappa shape index (κ1) is 10.5. The van der Waals surface area contributed by atoms with Crippen molar-refractivity contribution in [1.82, 2.24) is 15.0 Å². The molecule has 0 amide bonds. The fourth-order valence-corrected chi connectivity index (χ4v) is 1.87. The predicted molar refractivity (Wildman–Crippen MR) is 66.3 cm³/mol. The summed E-state index contributed by atoms with van der Waals surface area (Å²) < 4.78 is 0. The van der Waals surface area contributed by atoms with E-state index in [0.717, 1.165) is 16.6 Å². The molecule has 0 saturated heterocycles. The van der Waals surface area contributed by atoms with Gasteiger partial charge < -0.3 is 10.1 Å². The van der Waals surface area contributed by atoms with Crippen molar-refractivity contribution in [3.05, 3.63) is 48.4 Å². The molecule has 5 nitrogen and oxygen atoms in total. The first-order valence-corrected chi connectivity index (χ1v) is 5.38. The third-order valence-corrected chi connectivity index (χ3v) is 2.70. The molecule has 0 bridgehead atoms. The van der Waals surface area contributed by atoms with Crippen molar-refractivity contribution in [3.8, 4) is 11.3 Å². The smallest absolute Gasteiger partial charge is 0.354 e. The zero-order valence-electron chi connectivity index (χ0n) is 9.29. The highest BCUT2D eigenvalue weighted by Crippen LogP contribution is 2.25. The van der Waals surface area contributed by atoms with Gasteiger partial charge in [-0.3, -0.25) is 0 Å². The molecule has 2 N–H and O–H groups in total. The molecule has 88 valence electrons. The summed E-state index contributed by atoms with van der Waals surface area (Å²) in [6, 6.07) is 8.69. The molecular formula is C13H9N3O2. The second-order valence-electron chi connectivity index (χ2n) is 3.82. The Labute approximate surface area is 102 Å². The maximum absolute atomic E-state index is 10.9. The summed E-state index contributed by atoms with van der Waals surface area (Å²) in [5.74, 6) is -1.03. The van der Waals surface area contributed by atoms with E-state index in [9.17, 15) is 4.79 Å². The van der Waals surface area contributed by atoms with Gasteiger partial charge in [-0.05, 0) is 24.3 Å². The van der Waals surface area contributed by atoms with Crippen LogP contribution in [0.2, 0.25) is 0 Å². The van der Waals surface area contributed by atoms with Crippen molar-refractivity contribution in [3.63, 3.8) is 0 Å². The number of H-pyrrole nitrogens is 1. The average Bonchev–Trinajstić information content (AvgIpc) is 2.82. The molecule has 3 aromatic heterocycles. The van der Waals surface area contributed by atoms with E-state index in [4.69, 9.17) is 5.11 Å². The average molecular weight is 239 g/mol. The number of rotatable bonds is 2. The van der Waals surface area contributed by atoms with Gasteiger partial charge in [0.15, 0.2) is 0 Å². The third kappa shape index (κ3) is 1.62. The first-order valence-electron chi connectivity index (χ1n) is 5.38. The summed E-state index contributed by atoms with van der Waals surface area (Å²) in [4.78, 5) is 22.2. The van der Waals surface area contributed by atoms with Crippen LogP contribution < -0.4 is 0 Å². The van der Waals surface area contributed by atoms with E-state index < -0.39 is 5.97 Å². The summed E-state index contributed by atoms with van der Waals surface area (Å²) in [6.45, 7) is 0. The minimum absolute atomic E-state index is 0.0331. The molecule has 3 aromatic rings. The number of fused-ring (bicyclic) bond motifs is 1. The lowest BCUT2D eigenvalue weighted by Gasteiger charge is -2.00. The number of pyridine rings is 2. The molecule has 3 heterocycles. The molecule has 0 spiro atoms. The maximum atomic E-state index is 10.9. The maximum Gasteiger partial charge on any atom is 0.354 e. The highest BCUT2D eigenvalue weighted by Gasteiger charge is 2.10. The number of hydrogen-bond acceptors (Lipinski definition) is 3. The van der Waals surface area contributed by atoms with Crippen molar-refractivity contribution in [2.75, 3.05) is 0 Å². The highest BCUT2D eigenvalue weighted by atomic mass is 16.4. The van der Waals surface area contributed by atoms with E-state index >= 15 is 0 Å². The van der Waals surface area contributed by atoms with Crippen LogP contribution in [0.5, 0.6) is 0 Å². The quantitative estimate of drug-likeness (QED) is 0.719. The zero-order chi connectivity index (χ0) is 12.5. The molecule has 0 radical (unpaired) electrons. The lowest BCUT2D eigenvalue weighted by Crippen LogP contribution is -2.00. The summed E-state index contributed by atoms with van der Waals surface area (Å²) >= 11 is 0. The fourth-order valence-electron chi connectivity index (χ4n) is 1.87. The molecule has 0 unspecified atom stereocenters. The SMILES string of the molecule is O=C(O)c1cccc(-c2c[nH]c3ncccc23)n1. The Morgan fingerprint density at radius 2 is 2.11 bits per heavy atom. The van der Waals surface area contributed by atoms with Crippen molar-refractivity contribution in [2.24, 2.45) is 0 Å². The van der Waals surface area contributed by atoms with E-state index in [1.165, 1.54) is 6.07 Å². The number of nitrogens with zero attached hydrogens (tertiary/aromatic N) is 2. The van der Waals surface area contributed by atoms with Crippen molar-refractivity contribution in [1.29, 1.82) is 0 Å². The van der Waals surface area contributed by atoms with E-state index in [1.807, 2.05) is 12.1 Å². The van der Waals surface area contributed by atoms with Crippen LogP contribution in [-0.4, -0.2) is 26.0 Å². The van der Waals surface area contributed by atoms with E-state index in [1.54, 1.807) is 24.5 Å². The zero-order valence-corrected chi connectivity index (χ0v) is 9.29. The number of aromatic carboxylic acids is 1. The number of nitrogens with one attached hydrogen (secondary N) is 1. The van der Waals surface area contributed by atoms with Crippen LogP contribution in [0, 0.1) is 0 Å². The van der Waals surface area contributed by atoms with E-state index in [0.29, 0.717) is 5.69 Å². The van der Waals surface area contributed by atoms with Gasteiger partial charge in [-0.25, -0.2) is 14.8 Å². The Kier molecular flexibility index (Phi) is 2.30. The molecule has 18 heavy (non-hydrogen) atoms. The van der Waals surface area contributed by atoms with Gasteiger partial charge in [-0.15, -0.1) is 0 Å². The van der Waals surface area contributed by atoms with Gasteiger partial charge in [-0.1, -0.05) is 6.07 Å². The molecule has 0 aromatic carbocycles. The van der Waals surface area contributed by atoms with Crippen LogP contribution in [0.4, 0.5) is 0 Å². The largest absolute Gasteiger partial charge is 0.477 e. The minimum atomic E-state index is -1.03. The monoisotopic (exact) mass is 239 g/mol. The van der Waals surface area contributed by atoms with Crippen molar-refractivity contribution < 1.29 is 9.90 Å². The number of carboxylic acids is 1. The van der Waals surface area contributed by atoms with Crippen molar-refractivity contribution in [2.45, 2.75) is 0 Å². The molecule has 0 fully saturated rings. The Morgan fingerprint density at radius 3 is 2.94 bits per heavy atom. The molecule has 0 saturated carbocycles. The topological polar surface area (TPSA) is 78.9 Å². The Hall–Kier alpha value is -2.69. The first-order chi connectivity index (χ1) is 8.75. The van der Waals surface area contributed by atoms with Crippen LogP contribution in [0.25, 0.3) is 22.3 Å². The van der Waals surface area contributed by atoms with Crippen LogP contribution in [0.3, 0.4) is 0 Å². The Bertz CT molecular complexity index is 734. The summed E-state index contributed by atoms with van der Waals surface area (Å²) in [6.07, 6.45) is 3.48. The number of hydrogen-bond donors (Lipinski definition) is 2.